The van der Waals surface area contributed by atoms with Gasteiger partial charge in [-0.3, -0.25) is 19.6 Å². The molecule has 4 aliphatic heterocycles. The van der Waals surface area contributed by atoms with E-state index in [9.17, 15) is 18.8 Å². The highest BCUT2D eigenvalue weighted by atomic mass is 35.5. The number of anilines is 1. The number of hydrogen-bond acceptors (Lipinski definition) is 10. The Bertz CT molecular complexity index is 2240. The molecule has 2 aromatic heterocycles. The lowest BCUT2D eigenvalue weighted by atomic mass is 9.95. The zero-order valence-corrected chi connectivity index (χ0v) is 30.9. The topological polar surface area (TPSA) is 111 Å². The lowest BCUT2D eigenvalue weighted by Crippen LogP contribution is -2.55. The van der Waals surface area contributed by atoms with Gasteiger partial charge in [-0.05, 0) is 37.3 Å². The Morgan fingerprint density at radius 3 is 2.91 bits per heavy atom. The number of hydrogen-bond donors (Lipinski definition) is 0. The van der Waals surface area contributed by atoms with Crippen LogP contribution in [0.4, 0.5) is 19.0 Å². The second kappa shape index (κ2) is 14.5. The fourth-order valence-electron chi connectivity index (χ4n) is 9.11. The summed E-state index contributed by atoms with van der Waals surface area (Å²) >= 11 is 6.44. The van der Waals surface area contributed by atoms with E-state index in [0.717, 1.165) is 32.4 Å². The molecule has 0 bridgehead atoms. The molecule has 286 valence electrons. The van der Waals surface area contributed by atoms with Crippen LogP contribution in [0.2, 0.25) is 5.02 Å². The van der Waals surface area contributed by atoms with E-state index < -0.39 is 29.4 Å². The number of pyridine rings is 1. The first-order valence-electron chi connectivity index (χ1n) is 18.9. The summed E-state index contributed by atoms with van der Waals surface area (Å²) in [5, 5.41) is 10.9. The first-order chi connectivity index (χ1) is 26.7. The van der Waals surface area contributed by atoms with Crippen molar-refractivity contribution in [1.29, 1.82) is 5.26 Å². The summed E-state index contributed by atoms with van der Waals surface area (Å²) in [5.41, 5.74) is -0.339. The van der Waals surface area contributed by atoms with Crippen LogP contribution in [0.5, 0.6) is 6.01 Å². The van der Waals surface area contributed by atoms with Gasteiger partial charge in [0.05, 0.1) is 47.2 Å². The maximum absolute atomic E-state index is 17.0. The highest BCUT2D eigenvalue weighted by Crippen LogP contribution is 2.42. The first kappa shape index (κ1) is 36.1. The number of alkyl halides is 1. The van der Waals surface area contributed by atoms with Crippen LogP contribution >= 0.6 is 11.6 Å². The van der Waals surface area contributed by atoms with Gasteiger partial charge in [0.2, 0.25) is 5.91 Å². The van der Waals surface area contributed by atoms with E-state index in [1.165, 1.54) is 12.3 Å². The van der Waals surface area contributed by atoms with Crippen LogP contribution in [-0.2, 0) is 9.53 Å². The first-order valence-corrected chi connectivity index (χ1v) is 19.3. The quantitative estimate of drug-likeness (QED) is 0.197. The molecular weight excluding hydrogens is 733 g/mol. The van der Waals surface area contributed by atoms with E-state index in [2.05, 4.69) is 25.8 Å². The molecule has 2 aromatic carbocycles. The van der Waals surface area contributed by atoms with E-state index in [4.69, 9.17) is 26.1 Å². The van der Waals surface area contributed by atoms with Gasteiger partial charge in [0, 0.05) is 75.0 Å². The molecule has 11 nitrogen and oxygen atoms in total. The van der Waals surface area contributed by atoms with Crippen LogP contribution in [0, 0.1) is 23.0 Å². The molecule has 2 unspecified atom stereocenters. The predicted molar refractivity (Wildman–Crippen MR) is 201 cm³/mol. The van der Waals surface area contributed by atoms with Crippen molar-refractivity contribution < 1.29 is 27.4 Å². The summed E-state index contributed by atoms with van der Waals surface area (Å²) in [6, 6.07) is 10.0. The molecule has 4 aromatic rings. The van der Waals surface area contributed by atoms with Crippen LogP contribution in [0.25, 0.3) is 32.9 Å². The van der Waals surface area contributed by atoms with Crippen LogP contribution < -0.4 is 9.64 Å². The molecule has 5 atom stereocenters. The van der Waals surface area contributed by atoms with E-state index >= 15 is 4.39 Å². The Hall–Kier alpha value is -4.55. The van der Waals surface area contributed by atoms with Gasteiger partial charge >= 0.3 is 6.01 Å². The van der Waals surface area contributed by atoms with Crippen molar-refractivity contribution in [3.63, 3.8) is 0 Å². The number of rotatable bonds is 9. The highest BCUT2D eigenvalue weighted by molar-refractivity contribution is 6.36. The van der Waals surface area contributed by atoms with Gasteiger partial charge < -0.3 is 19.3 Å². The normalized spacial score (nSPS) is 26.8. The van der Waals surface area contributed by atoms with Gasteiger partial charge in [-0.25, -0.2) is 13.2 Å². The zero-order chi connectivity index (χ0) is 37.8. The molecule has 15 heteroatoms. The minimum absolute atomic E-state index is 0.0654. The smallest absolute Gasteiger partial charge is 0.319 e. The average molecular weight is 773 g/mol. The number of morpholine rings is 1. The molecule has 4 saturated heterocycles. The predicted octanol–water partition coefficient (Wildman–Crippen LogP) is 5.69. The third-order valence-corrected chi connectivity index (χ3v) is 12.3. The summed E-state index contributed by atoms with van der Waals surface area (Å²) in [6.07, 6.45) is 7.41. The number of ether oxygens (including phenoxy) is 2. The molecule has 55 heavy (non-hydrogen) atoms. The van der Waals surface area contributed by atoms with Gasteiger partial charge in [-0.1, -0.05) is 41.9 Å². The fourth-order valence-corrected chi connectivity index (χ4v) is 9.38. The molecule has 6 heterocycles. The number of halogens is 4. The summed E-state index contributed by atoms with van der Waals surface area (Å²) in [6.45, 7) is 4.30. The van der Waals surface area contributed by atoms with Gasteiger partial charge in [-0.15, -0.1) is 0 Å². The van der Waals surface area contributed by atoms with E-state index in [0.29, 0.717) is 78.9 Å². The van der Waals surface area contributed by atoms with E-state index in [1.54, 1.807) is 35.2 Å². The number of piperazine rings is 1. The van der Waals surface area contributed by atoms with Gasteiger partial charge in [0.15, 0.2) is 5.82 Å². The van der Waals surface area contributed by atoms with Crippen molar-refractivity contribution >= 4 is 45.0 Å². The monoisotopic (exact) mass is 772 g/mol. The molecule has 0 radical (unpaired) electrons. The highest BCUT2D eigenvalue weighted by Gasteiger charge is 2.49. The number of nitriles is 1. The Balaban J connectivity index is 1.05. The SMILES string of the molecule is N#CC[C@H]1CN(c2nc(OC[C@@]34CCCN3C[C@H](F)C4)nc3c(F)c(-c4cccc5ccc(F)c(Cl)c45)ncc23)CCN1C(=O)/C=C/CN1CCOC2CC21. The molecule has 0 spiro atoms. The number of fused-ring (bicyclic) bond motifs is 4. The number of nitrogens with zero attached hydrogens (tertiary/aromatic N) is 8. The maximum Gasteiger partial charge on any atom is 0.319 e. The van der Waals surface area contributed by atoms with E-state index in [-0.39, 0.29) is 47.7 Å². The molecular formula is C40H40ClF3N8O3. The van der Waals surface area contributed by atoms with Crippen molar-refractivity contribution in [2.75, 3.05) is 63.9 Å². The zero-order valence-electron chi connectivity index (χ0n) is 30.1. The number of carbonyl (C=O) groups is 1. The maximum atomic E-state index is 17.0. The minimum Gasteiger partial charge on any atom is -0.461 e. The van der Waals surface area contributed by atoms with Crippen LogP contribution in [0.15, 0.2) is 48.7 Å². The molecule has 1 amide bonds. The van der Waals surface area contributed by atoms with Crippen LogP contribution in [-0.4, -0.2) is 124 Å². The lowest BCUT2D eigenvalue weighted by molar-refractivity contribution is -0.128. The minimum atomic E-state index is -0.962. The van der Waals surface area contributed by atoms with Crippen molar-refractivity contribution in [3.05, 3.63) is 65.3 Å². The third kappa shape index (κ3) is 6.64. The summed E-state index contributed by atoms with van der Waals surface area (Å²) in [7, 11) is 0. The van der Waals surface area contributed by atoms with Crippen molar-refractivity contribution in [2.45, 2.75) is 62.0 Å². The molecule has 0 N–H and O–H groups in total. The largest absolute Gasteiger partial charge is 0.461 e. The average Bonchev–Trinajstić information content (AvgIpc) is 3.80. The van der Waals surface area contributed by atoms with Crippen molar-refractivity contribution in [1.82, 2.24) is 29.7 Å². The van der Waals surface area contributed by atoms with Gasteiger partial charge in [0.25, 0.3) is 0 Å². The molecule has 1 saturated carbocycles. The molecule has 1 aliphatic carbocycles. The summed E-state index contributed by atoms with van der Waals surface area (Å²) in [5.74, 6) is -1.25. The third-order valence-electron chi connectivity index (χ3n) is 11.9. The summed E-state index contributed by atoms with van der Waals surface area (Å²) in [4.78, 5) is 35.5. The van der Waals surface area contributed by atoms with Crippen LogP contribution in [0.3, 0.4) is 0 Å². The van der Waals surface area contributed by atoms with E-state index in [1.807, 2.05) is 11.0 Å². The Labute approximate surface area is 321 Å². The number of amides is 1. The standard InChI is InChI=1S/C40H40ClF3N8O3/c41-34-29(43)8-7-24-4-1-5-27(33(24)34)36-35(44)37-28(20-46-36)38(48-39(47-37)55-23-40-10-3-13-51(40)21-25(42)19-40)50-14-15-52(26(22-50)9-11-45)32(53)6-2-12-49-16-17-54-31-18-30(31)49/h1-2,4-8,20,25-26,30-31H,3,9-10,12-19,21-23H2/b6-2+/t25-,26+,30?,31?,40+/m1/s1. The second-order valence-electron chi connectivity index (χ2n) is 15.2. The Morgan fingerprint density at radius 1 is 1.15 bits per heavy atom. The lowest BCUT2D eigenvalue weighted by Gasteiger charge is -2.41. The van der Waals surface area contributed by atoms with Crippen molar-refractivity contribution in [3.8, 4) is 23.3 Å². The van der Waals surface area contributed by atoms with Gasteiger partial charge in [-0.2, -0.15) is 15.2 Å². The van der Waals surface area contributed by atoms with Crippen molar-refractivity contribution in [2.24, 2.45) is 0 Å². The summed E-state index contributed by atoms with van der Waals surface area (Å²) < 4.78 is 58.2. The Morgan fingerprint density at radius 2 is 2.04 bits per heavy atom. The fraction of sp³-hybridized carbons (Fsp3) is 0.475. The van der Waals surface area contributed by atoms with Crippen LogP contribution in [0.1, 0.15) is 32.1 Å². The number of carbonyl (C=O) groups excluding carboxylic acids is 1. The molecule has 9 rings (SSSR count). The number of aromatic nitrogens is 3. The number of benzene rings is 2. The van der Waals surface area contributed by atoms with Gasteiger partial charge in [0.1, 0.15) is 35.6 Å². The second-order valence-corrected chi connectivity index (χ2v) is 15.6. The molecule has 5 aliphatic rings. The molecule has 5 fully saturated rings. The Kier molecular flexibility index (Phi) is 9.52.